The summed E-state index contributed by atoms with van der Waals surface area (Å²) < 4.78 is 43.0. The molecule has 0 bridgehead atoms. The molecular weight excluding hydrogens is 432 g/mol. The molecule has 2 aromatic carbocycles. The third-order valence-electron chi connectivity index (χ3n) is 4.59. The molecule has 9 nitrogen and oxygen atoms in total. The fourth-order valence-corrected chi connectivity index (χ4v) is 2.92. The number of ether oxygens (including phenoxy) is 8. The van der Waals surface area contributed by atoms with Gasteiger partial charge in [0.05, 0.1) is 33.5 Å². The maximum Gasteiger partial charge on any atom is 0.235 e. The van der Waals surface area contributed by atoms with Gasteiger partial charge in [0, 0.05) is 26.4 Å². The molecule has 33 heavy (non-hydrogen) atoms. The molecule has 0 N–H and O–H groups in total. The maximum atomic E-state index is 13.1. The van der Waals surface area contributed by atoms with Crippen LogP contribution in [0.1, 0.15) is 15.9 Å². The van der Waals surface area contributed by atoms with Gasteiger partial charge in [-0.05, 0) is 23.8 Å². The van der Waals surface area contributed by atoms with Crippen LogP contribution in [0.2, 0.25) is 0 Å². The first-order chi connectivity index (χ1) is 16.2. The number of carbonyl (C=O) groups is 1. The largest absolute Gasteiger partial charge is 0.497 e. The molecule has 0 spiro atoms. The lowest BCUT2D eigenvalue weighted by atomic mass is 10.1. The monoisotopic (exact) mass is 460 g/mol. The summed E-state index contributed by atoms with van der Waals surface area (Å²) in [6.07, 6.45) is 1.66. The van der Waals surface area contributed by atoms with Crippen LogP contribution in [0.15, 0.2) is 42.2 Å². The molecule has 0 atom stereocenters. The Morgan fingerprint density at radius 1 is 0.818 bits per heavy atom. The van der Waals surface area contributed by atoms with E-state index >= 15 is 0 Å². The second kappa shape index (κ2) is 12.8. The van der Waals surface area contributed by atoms with Crippen LogP contribution < -0.4 is 18.9 Å². The molecule has 0 unspecified atom stereocenters. The first-order valence-corrected chi connectivity index (χ1v) is 10.3. The number of fused-ring (bicyclic) bond motifs is 1. The standard InChI is InChI=1S/C24H28O9/c1-26-8-10-29-15-31-19-13-20(32-16-30-11-9-27-2)23-21(14-19)33-22(24(23)25)12-17-4-6-18(28-3)7-5-17/h4-7,12-14H,8-11,15-16H2,1-3H3/b22-12-. The average molecular weight is 460 g/mol. The van der Waals surface area contributed by atoms with Crippen LogP contribution >= 0.6 is 0 Å². The quantitative estimate of drug-likeness (QED) is 0.239. The number of ketones is 1. The highest BCUT2D eigenvalue weighted by Gasteiger charge is 2.32. The molecule has 1 aliphatic heterocycles. The van der Waals surface area contributed by atoms with E-state index in [2.05, 4.69) is 0 Å². The first-order valence-electron chi connectivity index (χ1n) is 10.3. The van der Waals surface area contributed by atoms with E-state index < -0.39 is 0 Å². The van der Waals surface area contributed by atoms with Gasteiger partial charge in [0.25, 0.3) is 0 Å². The smallest absolute Gasteiger partial charge is 0.235 e. The predicted octanol–water partition coefficient (Wildman–Crippen LogP) is 3.31. The Morgan fingerprint density at radius 3 is 2.12 bits per heavy atom. The van der Waals surface area contributed by atoms with E-state index in [9.17, 15) is 4.79 Å². The lowest BCUT2D eigenvalue weighted by Crippen LogP contribution is -2.10. The zero-order valence-electron chi connectivity index (χ0n) is 19.0. The summed E-state index contributed by atoms with van der Waals surface area (Å²) in [5, 5.41) is 0. The highest BCUT2D eigenvalue weighted by Crippen LogP contribution is 2.41. The molecule has 1 heterocycles. The van der Waals surface area contributed by atoms with Gasteiger partial charge in [0.15, 0.2) is 19.3 Å². The molecule has 0 radical (unpaired) electrons. The minimum Gasteiger partial charge on any atom is -0.497 e. The molecule has 0 aliphatic carbocycles. The lowest BCUT2D eigenvalue weighted by Gasteiger charge is -2.12. The molecule has 2 aromatic rings. The van der Waals surface area contributed by atoms with Crippen molar-refractivity contribution in [2.45, 2.75) is 0 Å². The minimum absolute atomic E-state index is 0.00835. The lowest BCUT2D eigenvalue weighted by molar-refractivity contribution is -0.0118. The van der Waals surface area contributed by atoms with Crippen LogP contribution in [0.3, 0.4) is 0 Å². The molecule has 0 saturated heterocycles. The fraction of sp³-hybridized carbons (Fsp3) is 0.375. The Bertz CT molecular complexity index is 938. The second-order valence-corrected chi connectivity index (χ2v) is 6.83. The first kappa shape index (κ1) is 24.5. The number of hydrogen-bond acceptors (Lipinski definition) is 9. The SMILES string of the molecule is COCCOCOc1cc(OCOCCOC)c2c(c1)O/C(=C\c1ccc(OC)cc1)C2=O. The normalized spacial score (nSPS) is 13.7. The summed E-state index contributed by atoms with van der Waals surface area (Å²) >= 11 is 0. The van der Waals surface area contributed by atoms with Crippen LogP contribution in [0.4, 0.5) is 0 Å². The Kier molecular flexibility index (Phi) is 9.52. The van der Waals surface area contributed by atoms with E-state index in [0.717, 1.165) is 11.3 Å². The maximum absolute atomic E-state index is 13.1. The Morgan fingerprint density at radius 2 is 1.48 bits per heavy atom. The number of methoxy groups -OCH3 is 3. The van der Waals surface area contributed by atoms with E-state index in [1.807, 2.05) is 12.1 Å². The van der Waals surface area contributed by atoms with E-state index in [0.29, 0.717) is 49.2 Å². The van der Waals surface area contributed by atoms with Crippen molar-refractivity contribution in [3.05, 3.63) is 53.3 Å². The van der Waals surface area contributed by atoms with Gasteiger partial charge in [-0.3, -0.25) is 4.79 Å². The van der Waals surface area contributed by atoms with Crippen LogP contribution in [0.5, 0.6) is 23.0 Å². The van der Waals surface area contributed by atoms with E-state index in [4.69, 9.17) is 37.9 Å². The summed E-state index contributed by atoms with van der Waals surface area (Å²) in [7, 11) is 4.77. The minimum atomic E-state index is -0.296. The van der Waals surface area contributed by atoms with Gasteiger partial charge < -0.3 is 37.9 Å². The van der Waals surface area contributed by atoms with Crippen molar-refractivity contribution in [2.75, 3.05) is 61.3 Å². The molecule has 1 aliphatic rings. The number of benzene rings is 2. The molecule has 3 rings (SSSR count). The fourth-order valence-electron chi connectivity index (χ4n) is 2.92. The van der Waals surface area contributed by atoms with Gasteiger partial charge in [-0.2, -0.15) is 0 Å². The molecule has 0 aromatic heterocycles. The van der Waals surface area contributed by atoms with Crippen molar-refractivity contribution in [3.63, 3.8) is 0 Å². The second-order valence-electron chi connectivity index (χ2n) is 6.83. The Labute approximate surface area is 192 Å². The Balaban J connectivity index is 1.78. The van der Waals surface area contributed by atoms with Gasteiger partial charge in [0.1, 0.15) is 28.6 Å². The number of allylic oxidation sites excluding steroid dienone is 1. The third kappa shape index (κ3) is 6.93. The van der Waals surface area contributed by atoms with Crippen LogP contribution in [-0.2, 0) is 18.9 Å². The summed E-state index contributed by atoms with van der Waals surface area (Å²) in [5.41, 5.74) is 1.10. The van der Waals surface area contributed by atoms with Gasteiger partial charge in [0.2, 0.25) is 5.78 Å². The highest BCUT2D eigenvalue weighted by atomic mass is 16.7. The van der Waals surface area contributed by atoms with Gasteiger partial charge >= 0.3 is 0 Å². The molecule has 9 heteroatoms. The molecule has 0 fully saturated rings. The number of hydrogen-bond donors (Lipinski definition) is 0. The van der Waals surface area contributed by atoms with Crippen molar-refractivity contribution in [1.29, 1.82) is 0 Å². The van der Waals surface area contributed by atoms with E-state index in [1.165, 1.54) is 0 Å². The van der Waals surface area contributed by atoms with Gasteiger partial charge in [-0.15, -0.1) is 0 Å². The Hall–Kier alpha value is -3.11. The van der Waals surface area contributed by atoms with Gasteiger partial charge in [-0.25, -0.2) is 0 Å². The molecule has 0 amide bonds. The number of Topliss-reactive ketones (excluding diaryl/α,β-unsaturated/α-hetero) is 1. The summed E-state index contributed by atoms with van der Waals surface area (Å²) in [4.78, 5) is 13.1. The molecule has 178 valence electrons. The van der Waals surface area contributed by atoms with Crippen molar-refractivity contribution < 1.29 is 42.7 Å². The zero-order valence-corrected chi connectivity index (χ0v) is 19.0. The van der Waals surface area contributed by atoms with Crippen LogP contribution in [0, 0.1) is 0 Å². The van der Waals surface area contributed by atoms with Crippen LogP contribution in [0.25, 0.3) is 6.08 Å². The zero-order chi connectivity index (χ0) is 23.5. The summed E-state index contributed by atoms with van der Waals surface area (Å²) in [6.45, 7) is 1.58. The van der Waals surface area contributed by atoms with Crippen molar-refractivity contribution in [3.8, 4) is 23.0 Å². The van der Waals surface area contributed by atoms with Gasteiger partial charge in [-0.1, -0.05) is 12.1 Å². The molecular formula is C24H28O9. The number of carbonyl (C=O) groups excluding carboxylic acids is 1. The van der Waals surface area contributed by atoms with Crippen LogP contribution in [-0.4, -0.2) is 67.1 Å². The average Bonchev–Trinajstić information content (AvgIpc) is 3.14. The summed E-state index contributed by atoms with van der Waals surface area (Å²) in [6, 6.07) is 10.5. The van der Waals surface area contributed by atoms with E-state index in [1.54, 1.807) is 51.7 Å². The topological polar surface area (TPSA) is 90.9 Å². The summed E-state index contributed by atoms with van der Waals surface area (Å²) in [5.74, 6) is 1.65. The third-order valence-corrected chi connectivity index (χ3v) is 4.59. The predicted molar refractivity (Wildman–Crippen MR) is 119 cm³/mol. The van der Waals surface area contributed by atoms with E-state index in [-0.39, 0.29) is 25.1 Å². The molecule has 0 saturated carbocycles. The van der Waals surface area contributed by atoms with Crippen molar-refractivity contribution in [2.24, 2.45) is 0 Å². The van der Waals surface area contributed by atoms with Crippen molar-refractivity contribution >= 4 is 11.9 Å². The number of rotatable bonds is 14. The van der Waals surface area contributed by atoms with Crippen molar-refractivity contribution in [1.82, 2.24) is 0 Å². The highest BCUT2D eigenvalue weighted by molar-refractivity contribution is 6.16.